The fourth-order valence-electron chi connectivity index (χ4n) is 4.76. The van der Waals surface area contributed by atoms with Gasteiger partial charge in [0.25, 0.3) is 0 Å². The molecule has 0 saturated carbocycles. The molecule has 0 amide bonds. The van der Waals surface area contributed by atoms with Gasteiger partial charge in [-0.15, -0.1) is 0 Å². The van der Waals surface area contributed by atoms with E-state index in [0.717, 1.165) is 44.7 Å². The Morgan fingerprint density at radius 1 is 0.548 bits per heavy atom. The van der Waals surface area contributed by atoms with Crippen LogP contribution in [0.5, 0.6) is 0 Å². The van der Waals surface area contributed by atoms with Gasteiger partial charge < -0.3 is 0 Å². The van der Waals surface area contributed by atoms with Gasteiger partial charge >= 0.3 is 0 Å². The van der Waals surface area contributed by atoms with Crippen LogP contribution in [0.4, 0.5) is 0 Å². The summed E-state index contributed by atoms with van der Waals surface area (Å²) in [6.07, 6.45) is 3.70. The molecule has 7 rings (SSSR count). The number of rotatable bonds is 2. The highest BCUT2D eigenvalue weighted by Crippen LogP contribution is 2.30. The lowest BCUT2D eigenvalue weighted by molar-refractivity contribution is 0.986. The molecular weight excluding hydrogens is 384 g/mol. The minimum atomic E-state index is 1.05. The monoisotopic (exact) mass is 402 g/mol. The third-order valence-corrected chi connectivity index (χ3v) is 5.97. The maximum Gasteiger partial charge on any atom is 0.141 e. The minimum Gasteiger partial charge on any atom is -0.293 e. The molecule has 0 bridgehead atoms. The van der Waals surface area contributed by atoms with E-state index in [1.807, 2.05) is 21.4 Å². The van der Waals surface area contributed by atoms with Gasteiger partial charge in [-0.05, 0) is 55.0 Å². The molecule has 4 aromatic heterocycles. The number of hydrogen-bond acceptors (Lipinski definition) is 2. The zero-order chi connectivity index (χ0) is 20.5. The number of hydrogen-bond donors (Lipinski definition) is 0. The molecule has 6 heteroatoms. The standard InChI is InChI=1S/C25H18N6/c1-17-14-18(28-20-6-2-4-8-22(20)30-24(28)10-12-26-30)16-19(15-17)29-21-7-3-5-9-23(21)31-25(29)11-13-27-31/h2-16H,1H3. The Hall–Kier alpha value is -4.32. The maximum absolute atomic E-state index is 4.54. The van der Waals surface area contributed by atoms with Crippen molar-refractivity contribution in [1.82, 2.24) is 28.4 Å². The van der Waals surface area contributed by atoms with Crippen molar-refractivity contribution in [3.05, 3.63) is 96.8 Å². The fraction of sp³-hybridized carbons (Fsp3) is 0.0400. The Bertz CT molecular complexity index is 1630. The molecule has 7 aromatic rings. The summed E-state index contributed by atoms with van der Waals surface area (Å²) in [5.74, 6) is 0. The smallest absolute Gasteiger partial charge is 0.141 e. The first kappa shape index (κ1) is 16.5. The van der Waals surface area contributed by atoms with Crippen LogP contribution >= 0.6 is 0 Å². The van der Waals surface area contributed by atoms with Crippen molar-refractivity contribution in [1.29, 1.82) is 0 Å². The average Bonchev–Trinajstić information content (AvgIpc) is 3.53. The quantitative estimate of drug-likeness (QED) is 0.400. The molecule has 0 N–H and O–H groups in total. The first-order chi connectivity index (χ1) is 15.3. The second-order valence-electron chi connectivity index (χ2n) is 7.88. The highest BCUT2D eigenvalue weighted by molar-refractivity contribution is 5.86. The molecule has 0 atom stereocenters. The van der Waals surface area contributed by atoms with Gasteiger partial charge in [0.15, 0.2) is 0 Å². The second kappa shape index (κ2) is 5.86. The zero-order valence-electron chi connectivity index (χ0n) is 16.8. The van der Waals surface area contributed by atoms with Crippen molar-refractivity contribution in [3.8, 4) is 11.4 Å². The van der Waals surface area contributed by atoms with Gasteiger partial charge in [0.2, 0.25) is 0 Å². The van der Waals surface area contributed by atoms with Crippen LogP contribution in [0.3, 0.4) is 0 Å². The molecule has 0 spiro atoms. The molecule has 0 unspecified atom stereocenters. The predicted molar refractivity (Wildman–Crippen MR) is 122 cm³/mol. The van der Waals surface area contributed by atoms with Gasteiger partial charge in [-0.2, -0.15) is 10.2 Å². The number of para-hydroxylation sites is 4. The van der Waals surface area contributed by atoms with Crippen LogP contribution in [0.15, 0.2) is 91.3 Å². The first-order valence-corrected chi connectivity index (χ1v) is 10.3. The van der Waals surface area contributed by atoms with E-state index in [9.17, 15) is 0 Å². The average molecular weight is 402 g/mol. The molecule has 0 aliphatic rings. The topological polar surface area (TPSA) is 44.5 Å². The molecule has 31 heavy (non-hydrogen) atoms. The third-order valence-electron chi connectivity index (χ3n) is 5.97. The molecule has 6 nitrogen and oxygen atoms in total. The van der Waals surface area contributed by atoms with Crippen molar-refractivity contribution >= 4 is 33.4 Å². The van der Waals surface area contributed by atoms with Crippen LogP contribution in [0.1, 0.15) is 5.56 Å². The van der Waals surface area contributed by atoms with Gasteiger partial charge in [-0.25, -0.2) is 9.03 Å². The van der Waals surface area contributed by atoms with E-state index < -0.39 is 0 Å². The summed E-state index contributed by atoms with van der Waals surface area (Å²) < 4.78 is 8.55. The minimum absolute atomic E-state index is 1.05. The molecule has 3 aromatic carbocycles. The molecule has 0 aliphatic heterocycles. The summed E-state index contributed by atoms with van der Waals surface area (Å²) in [6.45, 7) is 2.14. The van der Waals surface area contributed by atoms with Gasteiger partial charge in [0.05, 0.1) is 45.8 Å². The van der Waals surface area contributed by atoms with Crippen LogP contribution in [-0.4, -0.2) is 28.4 Å². The summed E-state index contributed by atoms with van der Waals surface area (Å²) >= 11 is 0. The van der Waals surface area contributed by atoms with Gasteiger partial charge in [-0.1, -0.05) is 24.3 Å². The van der Waals surface area contributed by atoms with Crippen LogP contribution in [-0.2, 0) is 0 Å². The van der Waals surface area contributed by atoms with Gasteiger partial charge in [-0.3, -0.25) is 9.13 Å². The summed E-state index contributed by atoms with van der Waals surface area (Å²) in [5.41, 5.74) is 9.95. The van der Waals surface area contributed by atoms with E-state index >= 15 is 0 Å². The number of aryl methyl sites for hydroxylation is 1. The number of imidazole rings is 2. The highest BCUT2D eigenvalue weighted by atomic mass is 15.3. The van der Waals surface area contributed by atoms with Crippen molar-refractivity contribution in [2.24, 2.45) is 0 Å². The molecule has 0 fully saturated rings. The SMILES string of the molecule is Cc1cc(-n2c3ccccc3n3nccc23)cc(-n2c3ccccc3n3nccc23)c1. The number of nitrogens with zero attached hydrogens (tertiary/aromatic N) is 6. The summed E-state index contributed by atoms with van der Waals surface area (Å²) in [5, 5.41) is 9.08. The van der Waals surface area contributed by atoms with Crippen molar-refractivity contribution in [3.63, 3.8) is 0 Å². The number of aromatic nitrogens is 6. The number of benzene rings is 3. The van der Waals surface area contributed by atoms with Gasteiger partial charge in [0.1, 0.15) is 11.3 Å². The van der Waals surface area contributed by atoms with E-state index in [0.29, 0.717) is 0 Å². The zero-order valence-corrected chi connectivity index (χ0v) is 16.8. The normalized spacial score (nSPS) is 12.0. The lowest BCUT2D eigenvalue weighted by atomic mass is 10.1. The van der Waals surface area contributed by atoms with E-state index in [2.05, 4.69) is 105 Å². The van der Waals surface area contributed by atoms with E-state index in [-0.39, 0.29) is 0 Å². The Balaban J connectivity index is 1.57. The molecule has 0 aliphatic carbocycles. The molecular formula is C25H18N6. The van der Waals surface area contributed by atoms with Crippen molar-refractivity contribution in [2.45, 2.75) is 6.92 Å². The van der Waals surface area contributed by atoms with Crippen LogP contribution in [0.25, 0.3) is 44.7 Å². The molecule has 148 valence electrons. The van der Waals surface area contributed by atoms with Crippen LogP contribution in [0, 0.1) is 6.92 Å². The van der Waals surface area contributed by atoms with E-state index in [1.165, 1.54) is 5.56 Å². The summed E-state index contributed by atoms with van der Waals surface area (Å²) in [4.78, 5) is 0. The maximum atomic E-state index is 4.54. The van der Waals surface area contributed by atoms with Crippen LogP contribution < -0.4 is 0 Å². The summed E-state index contributed by atoms with van der Waals surface area (Å²) in [7, 11) is 0. The lowest BCUT2D eigenvalue weighted by Crippen LogP contribution is -2.00. The molecule has 0 radical (unpaired) electrons. The first-order valence-electron chi connectivity index (χ1n) is 10.3. The van der Waals surface area contributed by atoms with Gasteiger partial charge in [0, 0.05) is 12.1 Å². The Labute approximate surface area is 177 Å². The second-order valence-corrected chi connectivity index (χ2v) is 7.88. The van der Waals surface area contributed by atoms with Crippen molar-refractivity contribution < 1.29 is 0 Å². The third kappa shape index (κ3) is 2.16. The Morgan fingerprint density at radius 2 is 1.00 bits per heavy atom. The predicted octanol–water partition coefficient (Wildman–Crippen LogP) is 5.18. The van der Waals surface area contributed by atoms with E-state index in [4.69, 9.17) is 0 Å². The Morgan fingerprint density at radius 3 is 1.48 bits per heavy atom. The fourth-order valence-corrected chi connectivity index (χ4v) is 4.76. The molecule has 4 heterocycles. The largest absolute Gasteiger partial charge is 0.293 e. The van der Waals surface area contributed by atoms with Crippen molar-refractivity contribution in [2.75, 3.05) is 0 Å². The summed E-state index contributed by atoms with van der Waals surface area (Å²) in [6, 6.07) is 27.6. The molecule has 0 saturated heterocycles. The Kier molecular flexibility index (Phi) is 3.11. The lowest BCUT2D eigenvalue weighted by Gasteiger charge is -2.12. The van der Waals surface area contributed by atoms with Crippen LogP contribution in [0.2, 0.25) is 0 Å². The highest BCUT2D eigenvalue weighted by Gasteiger charge is 2.16. The van der Waals surface area contributed by atoms with E-state index in [1.54, 1.807) is 0 Å². The number of fused-ring (bicyclic) bond motifs is 6.